The summed E-state index contributed by atoms with van der Waals surface area (Å²) in [7, 11) is 0. The number of carbonyl (C=O) groups is 4. The lowest BCUT2D eigenvalue weighted by Crippen LogP contribution is -2.27. The lowest BCUT2D eigenvalue weighted by Gasteiger charge is -2.06. The second-order valence-electron chi connectivity index (χ2n) is 6.16. The Hall–Kier alpha value is -3.46. The van der Waals surface area contributed by atoms with Gasteiger partial charge in [0, 0.05) is 6.21 Å². The maximum Gasteiger partial charge on any atom is 0.338 e. The molecule has 30 heavy (non-hydrogen) atoms. The SMILES string of the molecule is CCOC(=O)c1ccc(N=Cc2ccc(OC(=O)CC3SC(=O)NC3=O)cc2)cc1. The molecule has 1 N–H and O–H groups in total. The summed E-state index contributed by atoms with van der Waals surface area (Å²) < 4.78 is 10.1. The maximum absolute atomic E-state index is 11.9. The highest BCUT2D eigenvalue weighted by atomic mass is 32.2. The Morgan fingerprint density at radius 3 is 2.40 bits per heavy atom. The van der Waals surface area contributed by atoms with Crippen molar-refractivity contribution >= 4 is 46.7 Å². The molecule has 154 valence electrons. The fourth-order valence-electron chi connectivity index (χ4n) is 2.52. The van der Waals surface area contributed by atoms with Crippen LogP contribution in [0.3, 0.4) is 0 Å². The molecule has 2 aromatic carbocycles. The Morgan fingerprint density at radius 2 is 1.80 bits per heavy atom. The van der Waals surface area contributed by atoms with Gasteiger partial charge in [0.1, 0.15) is 11.0 Å². The molecule has 0 aromatic heterocycles. The highest BCUT2D eigenvalue weighted by Gasteiger charge is 2.33. The van der Waals surface area contributed by atoms with Gasteiger partial charge >= 0.3 is 11.9 Å². The number of ether oxygens (including phenoxy) is 2. The molecule has 0 bridgehead atoms. The van der Waals surface area contributed by atoms with Crippen LogP contribution in [0.5, 0.6) is 5.75 Å². The van der Waals surface area contributed by atoms with Crippen molar-refractivity contribution in [3.8, 4) is 5.75 Å². The Bertz CT molecular complexity index is 986. The third kappa shape index (κ3) is 5.77. The zero-order valence-electron chi connectivity index (χ0n) is 16.0. The van der Waals surface area contributed by atoms with Crippen LogP contribution < -0.4 is 10.1 Å². The van der Waals surface area contributed by atoms with E-state index in [0.717, 1.165) is 17.3 Å². The largest absolute Gasteiger partial charge is 0.462 e. The maximum atomic E-state index is 11.9. The quantitative estimate of drug-likeness (QED) is 0.411. The summed E-state index contributed by atoms with van der Waals surface area (Å²) in [6, 6.07) is 13.4. The number of hydrogen-bond acceptors (Lipinski definition) is 8. The molecule has 1 unspecified atom stereocenters. The summed E-state index contributed by atoms with van der Waals surface area (Å²) in [5.41, 5.74) is 1.90. The van der Waals surface area contributed by atoms with Gasteiger partial charge in [0.05, 0.1) is 24.3 Å². The van der Waals surface area contributed by atoms with Gasteiger partial charge in [-0.05, 0) is 61.0 Å². The van der Waals surface area contributed by atoms with Gasteiger partial charge in [-0.25, -0.2) is 4.79 Å². The predicted octanol–water partition coefficient (Wildman–Crippen LogP) is 3.26. The van der Waals surface area contributed by atoms with Crippen LogP contribution in [0.2, 0.25) is 0 Å². The summed E-state index contributed by atoms with van der Waals surface area (Å²) >= 11 is 0.781. The first-order valence-electron chi connectivity index (χ1n) is 9.08. The van der Waals surface area contributed by atoms with Crippen molar-refractivity contribution in [3.63, 3.8) is 0 Å². The number of thioether (sulfide) groups is 1. The number of carbonyl (C=O) groups excluding carboxylic acids is 4. The second kappa shape index (κ2) is 9.84. The third-order valence-electron chi connectivity index (χ3n) is 3.97. The number of amides is 2. The molecule has 1 fully saturated rings. The normalized spacial score (nSPS) is 15.8. The van der Waals surface area contributed by atoms with Crippen LogP contribution in [0.25, 0.3) is 0 Å². The minimum absolute atomic E-state index is 0.187. The number of aliphatic imine (C=N–C) groups is 1. The standard InChI is InChI=1S/C21H18N2O6S/c1-2-28-20(26)14-5-7-15(8-6-14)22-12-13-3-9-16(10-4-13)29-18(24)11-17-19(25)23-21(27)30-17/h3-10,12,17H,2,11H2,1H3,(H,23,25,27). The molecule has 1 aliphatic heterocycles. The number of hydrogen-bond donors (Lipinski definition) is 1. The third-order valence-corrected chi connectivity index (χ3v) is 4.95. The first-order valence-corrected chi connectivity index (χ1v) is 9.96. The smallest absolute Gasteiger partial charge is 0.338 e. The summed E-state index contributed by atoms with van der Waals surface area (Å²) in [6.45, 7) is 2.07. The highest BCUT2D eigenvalue weighted by molar-refractivity contribution is 8.15. The molecular formula is C21H18N2O6S. The lowest BCUT2D eigenvalue weighted by molar-refractivity contribution is -0.135. The number of nitrogens with zero attached hydrogens (tertiary/aromatic N) is 1. The Balaban J connectivity index is 1.54. The van der Waals surface area contributed by atoms with E-state index >= 15 is 0 Å². The van der Waals surface area contributed by atoms with Gasteiger partial charge in [0.25, 0.3) is 5.24 Å². The fraction of sp³-hybridized carbons (Fsp3) is 0.190. The summed E-state index contributed by atoms with van der Waals surface area (Å²) in [4.78, 5) is 50.5. The van der Waals surface area contributed by atoms with E-state index < -0.39 is 22.4 Å². The Kier molecular flexibility index (Phi) is 6.97. The van der Waals surface area contributed by atoms with Gasteiger partial charge in [-0.2, -0.15) is 0 Å². The molecule has 0 radical (unpaired) electrons. The van der Waals surface area contributed by atoms with Crippen molar-refractivity contribution in [2.75, 3.05) is 6.61 Å². The minimum Gasteiger partial charge on any atom is -0.462 e. The molecule has 0 aliphatic carbocycles. The van der Waals surface area contributed by atoms with Crippen molar-refractivity contribution < 1.29 is 28.7 Å². The van der Waals surface area contributed by atoms with Crippen molar-refractivity contribution in [2.45, 2.75) is 18.6 Å². The zero-order valence-corrected chi connectivity index (χ0v) is 16.8. The van der Waals surface area contributed by atoms with Gasteiger partial charge in [-0.15, -0.1) is 0 Å². The van der Waals surface area contributed by atoms with Crippen molar-refractivity contribution in [1.82, 2.24) is 5.32 Å². The van der Waals surface area contributed by atoms with E-state index in [-0.39, 0.29) is 12.4 Å². The molecule has 2 amide bonds. The Morgan fingerprint density at radius 1 is 1.10 bits per heavy atom. The van der Waals surface area contributed by atoms with E-state index in [1.165, 1.54) is 0 Å². The zero-order chi connectivity index (χ0) is 21.5. The topological polar surface area (TPSA) is 111 Å². The number of benzene rings is 2. The average Bonchev–Trinajstić information content (AvgIpc) is 3.04. The van der Waals surface area contributed by atoms with Crippen molar-refractivity contribution in [2.24, 2.45) is 4.99 Å². The van der Waals surface area contributed by atoms with Crippen LogP contribution in [0.4, 0.5) is 10.5 Å². The van der Waals surface area contributed by atoms with E-state index in [1.54, 1.807) is 61.7 Å². The van der Waals surface area contributed by atoms with E-state index in [1.807, 2.05) is 0 Å². The molecule has 2 aromatic rings. The fourth-order valence-corrected chi connectivity index (χ4v) is 3.32. The van der Waals surface area contributed by atoms with E-state index in [0.29, 0.717) is 23.6 Å². The molecule has 1 aliphatic rings. The average molecular weight is 426 g/mol. The molecule has 8 nitrogen and oxygen atoms in total. The van der Waals surface area contributed by atoms with Gasteiger partial charge in [0.2, 0.25) is 5.91 Å². The van der Waals surface area contributed by atoms with Gasteiger partial charge in [-0.3, -0.25) is 24.7 Å². The van der Waals surface area contributed by atoms with Gasteiger partial charge < -0.3 is 9.47 Å². The summed E-state index contributed by atoms with van der Waals surface area (Å²) in [5, 5.41) is 0.906. The van der Waals surface area contributed by atoms with E-state index in [2.05, 4.69) is 10.3 Å². The van der Waals surface area contributed by atoms with Crippen LogP contribution in [0, 0.1) is 0 Å². The Labute approximate surface area is 176 Å². The van der Waals surface area contributed by atoms with Crippen molar-refractivity contribution in [3.05, 3.63) is 59.7 Å². The monoisotopic (exact) mass is 426 g/mol. The molecule has 9 heteroatoms. The minimum atomic E-state index is -0.758. The molecular weight excluding hydrogens is 408 g/mol. The summed E-state index contributed by atoms with van der Waals surface area (Å²) in [5.74, 6) is -1.13. The number of nitrogens with one attached hydrogen (secondary N) is 1. The molecule has 3 rings (SSSR count). The molecule has 0 saturated carbocycles. The molecule has 1 atom stereocenters. The van der Waals surface area contributed by atoms with Gasteiger partial charge in [-0.1, -0.05) is 11.8 Å². The number of rotatable bonds is 7. The van der Waals surface area contributed by atoms with Crippen molar-refractivity contribution in [1.29, 1.82) is 0 Å². The number of esters is 2. The van der Waals surface area contributed by atoms with Crippen LogP contribution in [0.1, 0.15) is 29.3 Å². The predicted molar refractivity (Wildman–Crippen MR) is 111 cm³/mol. The first-order chi connectivity index (χ1) is 14.4. The molecule has 1 heterocycles. The molecule has 0 spiro atoms. The van der Waals surface area contributed by atoms with Crippen LogP contribution in [-0.4, -0.2) is 41.2 Å². The summed E-state index contributed by atoms with van der Waals surface area (Å²) in [6.07, 6.45) is 1.45. The van der Waals surface area contributed by atoms with Gasteiger partial charge in [0.15, 0.2) is 0 Å². The van der Waals surface area contributed by atoms with Crippen LogP contribution >= 0.6 is 11.8 Å². The van der Waals surface area contributed by atoms with E-state index in [9.17, 15) is 19.2 Å². The second-order valence-corrected chi connectivity index (χ2v) is 7.33. The first kappa shape index (κ1) is 21.3. The number of imide groups is 1. The van der Waals surface area contributed by atoms with Crippen LogP contribution in [0.15, 0.2) is 53.5 Å². The highest BCUT2D eigenvalue weighted by Crippen LogP contribution is 2.23. The lowest BCUT2D eigenvalue weighted by atomic mass is 10.2. The van der Waals surface area contributed by atoms with Crippen LogP contribution in [-0.2, 0) is 14.3 Å². The van der Waals surface area contributed by atoms with E-state index in [4.69, 9.17) is 9.47 Å². The molecule has 1 saturated heterocycles.